The number of amides is 1. The van der Waals surface area contributed by atoms with Gasteiger partial charge in [0, 0.05) is 48.5 Å². The Bertz CT molecular complexity index is 1340. The molecule has 1 heterocycles. The first-order chi connectivity index (χ1) is 17.1. The van der Waals surface area contributed by atoms with E-state index in [1.165, 1.54) is 16.4 Å². The summed E-state index contributed by atoms with van der Waals surface area (Å²) in [6.07, 6.45) is 0. The van der Waals surface area contributed by atoms with Crippen LogP contribution in [-0.2, 0) is 21.4 Å². The van der Waals surface area contributed by atoms with E-state index >= 15 is 0 Å². The van der Waals surface area contributed by atoms with Crippen LogP contribution in [-0.4, -0.2) is 56.3 Å². The Kier molecular flexibility index (Phi) is 8.25. The van der Waals surface area contributed by atoms with Crippen LogP contribution in [0, 0.1) is 13.8 Å². The molecule has 0 aliphatic carbocycles. The summed E-state index contributed by atoms with van der Waals surface area (Å²) in [5, 5.41) is 1.12. The van der Waals surface area contributed by atoms with Crippen LogP contribution in [0.25, 0.3) is 0 Å². The Morgan fingerprint density at radius 3 is 2.17 bits per heavy atom. The van der Waals surface area contributed by atoms with E-state index in [1.54, 1.807) is 17.0 Å². The summed E-state index contributed by atoms with van der Waals surface area (Å²) in [6, 6.07) is 19.4. The van der Waals surface area contributed by atoms with Gasteiger partial charge in [0.1, 0.15) is 0 Å². The Hall–Kier alpha value is -2.58. The molecule has 0 saturated carbocycles. The van der Waals surface area contributed by atoms with Crippen molar-refractivity contribution in [2.75, 3.05) is 37.6 Å². The second-order valence-corrected chi connectivity index (χ2v) is 11.8. The first-order valence-corrected chi connectivity index (χ1v) is 13.9. The van der Waals surface area contributed by atoms with E-state index in [4.69, 9.17) is 23.2 Å². The normalized spacial score (nSPS) is 14.4. The van der Waals surface area contributed by atoms with Crippen LogP contribution in [0.1, 0.15) is 16.7 Å². The van der Waals surface area contributed by atoms with Gasteiger partial charge in [-0.3, -0.25) is 4.79 Å². The molecule has 4 rings (SSSR count). The first-order valence-electron chi connectivity index (χ1n) is 11.7. The van der Waals surface area contributed by atoms with Crippen LogP contribution in [0.2, 0.25) is 10.0 Å². The standard InChI is InChI=1S/C27H29Cl2N3O3S/c1-20-5-3-4-6-22(20)18-32(36(34,35)25-11-9-23(28)10-12-25)19-27(33)31-15-13-30(14-16-31)26-17-24(29)8-7-21(26)2/h3-12,17H,13-16,18-19H2,1-2H3. The van der Waals surface area contributed by atoms with E-state index < -0.39 is 10.0 Å². The van der Waals surface area contributed by atoms with E-state index in [1.807, 2.05) is 56.3 Å². The number of rotatable bonds is 7. The molecule has 3 aromatic rings. The third-order valence-corrected chi connectivity index (χ3v) is 8.81. The topological polar surface area (TPSA) is 60.9 Å². The number of sulfonamides is 1. The molecule has 0 radical (unpaired) electrons. The molecule has 1 fully saturated rings. The highest BCUT2D eigenvalue weighted by atomic mass is 35.5. The molecule has 0 unspecified atom stereocenters. The monoisotopic (exact) mass is 545 g/mol. The summed E-state index contributed by atoms with van der Waals surface area (Å²) in [7, 11) is -3.93. The van der Waals surface area contributed by atoms with Crippen LogP contribution < -0.4 is 4.90 Å². The Morgan fingerprint density at radius 2 is 1.50 bits per heavy atom. The lowest BCUT2D eigenvalue weighted by Gasteiger charge is -2.37. The van der Waals surface area contributed by atoms with E-state index in [2.05, 4.69) is 4.90 Å². The molecular formula is C27H29Cl2N3O3S. The van der Waals surface area contributed by atoms with Gasteiger partial charge in [0.05, 0.1) is 11.4 Å². The zero-order valence-electron chi connectivity index (χ0n) is 20.3. The highest BCUT2D eigenvalue weighted by Crippen LogP contribution is 2.26. The Morgan fingerprint density at radius 1 is 0.861 bits per heavy atom. The number of piperazine rings is 1. The number of anilines is 1. The summed E-state index contributed by atoms with van der Waals surface area (Å²) in [6.45, 7) is 6.13. The molecule has 36 heavy (non-hydrogen) atoms. The van der Waals surface area contributed by atoms with Crippen LogP contribution in [0.3, 0.4) is 0 Å². The minimum absolute atomic E-state index is 0.102. The fraction of sp³-hybridized carbons (Fsp3) is 0.296. The van der Waals surface area contributed by atoms with Gasteiger partial charge < -0.3 is 9.80 Å². The summed E-state index contributed by atoms with van der Waals surface area (Å²) >= 11 is 12.2. The minimum atomic E-state index is -3.93. The molecule has 0 aromatic heterocycles. The number of benzene rings is 3. The predicted molar refractivity (Wildman–Crippen MR) is 145 cm³/mol. The Balaban J connectivity index is 1.52. The summed E-state index contributed by atoms with van der Waals surface area (Å²) in [5.41, 5.74) is 3.99. The lowest BCUT2D eigenvalue weighted by Crippen LogP contribution is -2.52. The lowest BCUT2D eigenvalue weighted by molar-refractivity contribution is -0.131. The molecule has 9 heteroatoms. The van der Waals surface area contributed by atoms with Gasteiger partial charge in [0.2, 0.25) is 15.9 Å². The third kappa shape index (κ3) is 6.03. The first kappa shape index (κ1) is 26.5. The molecule has 1 amide bonds. The molecule has 0 atom stereocenters. The molecule has 1 aliphatic rings. The zero-order valence-corrected chi connectivity index (χ0v) is 22.7. The van der Waals surface area contributed by atoms with Crippen molar-refractivity contribution in [3.63, 3.8) is 0 Å². The molecule has 6 nitrogen and oxygen atoms in total. The van der Waals surface area contributed by atoms with Crippen molar-refractivity contribution >= 4 is 44.8 Å². The number of hydrogen-bond donors (Lipinski definition) is 0. The second-order valence-electron chi connectivity index (χ2n) is 8.95. The maximum absolute atomic E-state index is 13.6. The average Bonchev–Trinajstić information content (AvgIpc) is 2.86. The maximum Gasteiger partial charge on any atom is 0.243 e. The van der Waals surface area contributed by atoms with Crippen LogP contribution in [0.15, 0.2) is 71.6 Å². The van der Waals surface area contributed by atoms with Gasteiger partial charge in [0.25, 0.3) is 0 Å². The number of aryl methyl sites for hydroxylation is 2. The minimum Gasteiger partial charge on any atom is -0.368 e. The van der Waals surface area contributed by atoms with E-state index in [0.29, 0.717) is 36.2 Å². The van der Waals surface area contributed by atoms with Crippen molar-refractivity contribution in [2.45, 2.75) is 25.3 Å². The van der Waals surface area contributed by atoms with Crippen LogP contribution in [0.5, 0.6) is 0 Å². The summed E-state index contributed by atoms with van der Waals surface area (Å²) in [5.74, 6) is -0.219. The molecule has 3 aromatic carbocycles. The van der Waals surface area contributed by atoms with E-state index in [9.17, 15) is 13.2 Å². The van der Waals surface area contributed by atoms with Crippen LogP contribution >= 0.6 is 23.2 Å². The average molecular weight is 547 g/mol. The van der Waals surface area contributed by atoms with Crippen molar-refractivity contribution in [3.8, 4) is 0 Å². The molecule has 190 valence electrons. The summed E-state index contributed by atoms with van der Waals surface area (Å²) in [4.78, 5) is 17.4. The van der Waals surface area contributed by atoms with Crippen molar-refractivity contribution < 1.29 is 13.2 Å². The maximum atomic E-state index is 13.6. The number of hydrogen-bond acceptors (Lipinski definition) is 4. The number of carbonyl (C=O) groups excluding carboxylic acids is 1. The smallest absolute Gasteiger partial charge is 0.243 e. The number of halogens is 2. The van der Waals surface area contributed by atoms with Gasteiger partial charge >= 0.3 is 0 Å². The van der Waals surface area contributed by atoms with Crippen molar-refractivity contribution in [3.05, 3.63) is 93.5 Å². The van der Waals surface area contributed by atoms with Gasteiger partial charge in [-0.2, -0.15) is 4.31 Å². The van der Waals surface area contributed by atoms with Gasteiger partial charge in [-0.05, 0) is 66.9 Å². The van der Waals surface area contributed by atoms with Gasteiger partial charge in [0.15, 0.2) is 0 Å². The van der Waals surface area contributed by atoms with Gasteiger partial charge in [-0.25, -0.2) is 8.42 Å². The molecule has 0 bridgehead atoms. The van der Waals surface area contributed by atoms with Gasteiger partial charge in [-0.15, -0.1) is 0 Å². The molecular weight excluding hydrogens is 517 g/mol. The fourth-order valence-electron chi connectivity index (χ4n) is 4.33. The van der Waals surface area contributed by atoms with E-state index in [-0.39, 0.29) is 23.9 Å². The molecule has 0 N–H and O–H groups in total. The second kappa shape index (κ2) is 11.2. The van der Waals surface area contributed by atoms with Crippen molar-refractivity contribution in [1.82, 2.24) is 9.21 Å². The third-order valence-electron chi connectivity index (χ3n) is 6.52. The van der Waals surface area contributed by atoms with Crippen LogP contribution in [0.4, 0.5) is 5.69 Å². The number of carbonyl (C=O) groups is 1. The predicted octanol–water partition coefficient (Wildman–Crippen LogP) is 5.15. The highest BCUT2D eigenvalue weighted by molar-refractivity contribution is 7.89. The lowest BCUT2D eigenvalue weighted by atomic mass is 10.1. The Labute approximate surface area is 223 Å². The zero-order chi connectivity index (χ0) is 25.9. The molecule has 1 saturated heterocycles. The highest BCUT2D eigenvalue weighted by Gasteiger charge is 2.30. The fourth-order valence-corrected chi connectivity index (χ4v) is 5.99. The number of nitrogens with zero attached hydrogens (tertiary/aromatic N) is 3. The van der Waals surface area contributed by atoms with Crippen molar-refractivity contribution in [1.29, 1.82) is 0 Å². The largest absolute Gasteiger partial charge is 0.368 e. The van der Waals surface area contributed by atoms with Gasteiger partial charge in [-0.1, -0.05) is 53.5 Å². The quantitative estimate of drug-likeness (QED) is 0.412. The SMILES string of the molecule is Cc1ccccc1CN(CC(=O)N1CCN(c2cc(Cl)ccc2C)CC1)S(=O)(=O)c1ccc(Cl)cc1. The molecule has 0 spiro atoms. The molecule has 1 aliphatic heterocycles. The van der Waals surface area contributed by atoms with E-state index in [0.717, 1.165) is 22.4 Å². The van der Waals surface area contributed by atoms with Crippen molar-refractivity contribution in [2.24, 2.45) is 0 Å². The summed E-state index contributed by atoms with van der Waals surface area (Å²) < 4.78 is 28.4.